The Morgan fingerprint density at radius 2 is 1.90 bits per heavy atom. The third kappa shape index (κ3) is 5.56. The van der Waals surface area contributed by atoms with Crippen LogP contribution >= 0.6 is 11.6 Å². The Hall–Kier alpha value is -2.94. The number of halogens is 1. The predicted octanol–water partition coefficient (Wildman–Crippen LogP) is 0.942. The molecule has 0 radical (unpaired) electrons. The summed E-state index contributed by atoms with van der Waals surface area (Å²) in [6.07, 6.45) is 1.86. The molecule has 10 heteroatoms. The van der Waals surface area contributed by atoms with Crippen molar-refractivity contribution in [2.45, 2.75) is 44.7 Å². The standard InChI is InChI=1S/C20H24ClN5O4/c1-11-15(26-30-25-11)10-17(27)24-18(12-7-8-12)20(29)23-16(19(28)22-2)9-13-5-3-4-6-14(13)21/h3-6,12,16,18H,7-10H2,1-2H3,(H,22,28)(H,23,29)(H,24,27). The molecule has 160 valence electrons. The average molecular weight is 434 g/mol. The van der Waals surface area contributed by atoms with Crippen LogP contribution in [0.5, 0.6) is 0 Å². The van der Waals surface area contributed by atoms with E-state index < -0.39 is 18.0 Å². The van der Waals surface area contributed by atoms with Gasteiger partial charge in [-0.2, -0.15) is 0 Å². The topological polar surface area (TPSA) is 126 Å². The van der Waals surface area contributed by atoms with Crippen molar-refractivity contribution in [3.05, 3.63) is 46.2 Å². The molecule has 1 saturated carbocycles. The number of amides is 3. The van der Waals surface area contributed by atoms with E-state index in [0.717, 1.165) is 18.4 Å². The molecule has 9 nitrogen and oxygen atoms in total. The first-order valence-corrected chi connectivity index (χ1v) is 10.1. The zero-order chi connectivity index (χ0) is 21.7. The van der Waals surface area contributed by atoms with Crippen molar-refractivity contribution >= 4 is 29.3 Å². The fourth-order valence-electron chi connectivity index (χ4n) is 3.14. The van der Waals surface area contributed by atoms with Gasteiger partial charge < -0.3 is 16.0 Å². The van der Waals surface area contributed by atoms with Gasteiger partial charge in [0.1, 0.15) is 23.5 Å². The molecule has 3 rings (SSSR count). The Bertz CT molecular complexity index is 927. The first kappa shape index (κ1) is 21.8. The Morgan fingerprint density at radius 3 is 2.50 bits per heavy atom. The third-order valence-corrected chi connectivity index (χ3v) is 5.40. The average Bonchev–Trinajstić information content (AvgIpc) is 3.49. The third-order valence-electron chi connectivity index (χ3n) is 5.03. The summed E-state index contributed by atoms with van der Waals surface area (Å²) < 4.78 is 4.60. The second-order valence-corrected chi connectivity index (χ2v) is 7.73. The van der Waals surface area contributed by atoms with E-state index in [1.54, 1.807) is 25.1 Å². The minimum atomic E-state index is -0.817. The Labute approximate surface area is 178 Å². The maximum atomic E-state index is 13.0. The van der Waals surface area contributed by atoms with Gasteiger partial charge in [0.25, 0.3) is 0 Å². The number of carbonyl (C=O) groups excluding carboxylic acids is 3. The van der Waals surface area contributed by atoms with Crippen LogP contribution in [0.1, 0.15) is 29.8 Å². The van der Waals surface area contributed by atoms with Crippen LogP contribution in [0.25, 0.3) is 0 Å². The van der Waals surface area contributed by atoms with E-state index in [-0.39, 0.29) is 30.6 Å². The van der Waals surface area contributed by atoms with Crippen molar-refractivity contribution in [1.82, 2.24) is 26.3 Å². The smallest absolute Gasteiger partial charge is 0.243 e. The van der Waals surface area contributed by atoms with Crippen molar-refractivity contribution in [2.75, 3.05) is 7.05 Å². The molecular weight excluding hydrogens is 410 g/mol. The molecular formula is C20H24ClN5O4. The molecule has 2 aromatic rings. The molecule has 1 aliphatic carbocycles. The summed E-state index contributed by atoms with van der Waals surface area (Å²) in [7, 11) is 1.50. The van der Waals surface area contributed by atoms with Crippen LogP contribution in [-0.4, -0.2) is 47.2 Å². The Kier molecular flexibility index (Phi) is 7.04. The normalized spacial score (nSPS) is 15.2. The summed E-state index contributed by atoms with van der Waals surface area (Å²) in [4.78, 5) is 37.7. The highest BCUT2D eigenvalue weighted by molar-refractivity contribution is 6.31. The van der Waals surface area contributed by atoms with Gasteiger partial charge in [-0.3, -0.25) is 14.4 Å². The number of carbonyl (C=O) groups is 3. The Balaban J connectivity index is 1.67. The number of aromatic nitrogens is 2. The molecule has 2 atom stereocenters. The van der Waals surface area contributed by atoms with E-state index in [4.69, 9.17) is 11.6 Å². The van der Waals surface area contributed by atoms with E-state index in [1.807, 2.05) is 6.07 Å². The quantitative estimate of drug-likeness (QED) is 0.540. The second-order valence-electron chi connectivity index (χ2n) is 7.33. The lowest BCUT2D eigenvalue weighted by Gasteiger charge is -2.23. The van der Waals surface area contributed by atoms with Crippen LogP contribution in [-0.2, 0) is 27.2 Å². The van der Waals surface area contributed by atoms with Gasteiger partial charge in [0.2, 0.25) is 17.7 Å². The predicted molar refractivity (Wildman–Crippen MR) is 109 cm³/mol. The van der Waals surface area contributed by atoms with Crippen LogP contribution in [0.15, 0.2) is 28.9 Å². The summed E-state index contributed by atoms with van der Waals surface area (Å²) in [5, 5.41) is 16.0. The second kappa shape index (κ2) is 9.71. The van der Waals surface area contributed by atoms with Gasteiger partial charge in [-0.05, 0) is 37.3 Å². The molecule has 3 amide bonds. The first-order chi connectivity index (χ1) is 14.4. The number of benzene rings is 1. The number of likely N-dealkylation sites (N-methyl/N-ethyl adjacent to an activating group) is 1. The van der Waals surface area contributed by atoms with Crippen LogP contribution in [0.3, 0.4) is 0 Å². The SMILES string of the molecule is CNC(=O)C(Cc1ccccc1Cl)NC(=O)C(NC(=O)Cc1nonc1C)C1CC1. The summed E-state index contributed by atoms with van der Waals surface area (Å²) >= 11 is 6.20. The summed E-state index contributed by atoms with van der Waals surface area (Å²) in [5.41, 5.74) is 1.69. The largest absolute Gasteiger partial charge is 0.357 e. The van der Waals surface area contributed by atoms with Crippen LogP contribution < -0.4 is 16.0 Å². The lowest BCUT2D eigenvalue weighted by molar-refractivity contribution is -0.132. The lowest BCUT2D eigenvalue weighted by atomic mass is 10.0. The molecule has 1 aromatic heterocycles. The van der Waals surface area contributed by atoms with Gasteiger partial charge >= 0.3 is 0 Å². The molecule has 0 saturated heterocycles. The van der Waals surface area contributed by atoms with Gasteiger partial charge in [0.05, 0.1) is 6.42 Å². The van der Waals surface area contributed by atoms with Crippen molar-refractivity contribution < 1.29 is 19.0 Å². The van der Waals surface area contributed by atoms with Gasteiger partial charge in [-0.25, -0.2) is 4.63 Å². The highest BCUT2D eigenvalue weighted by atomic mass is 35.5. The number of nitrogens with one attached hydrogen (secondary N) is 3. The van der Waals surface area contributed by atoms with Gasteiger partial charge in [0, 0.05) is 18.5 Å². The molecule has 0 aliphatic heterocycles. The molecule has 2 unspecified atom stereocenters. The fraction of sp³-hybridized carbons (Fsp3) is 0.450. The Morgan fingerprint density at radius 1 is 1.17 bits per heavy atom. The van der Waals surface area contributed by atoms with Gasteiger partial charge in [-0.1, -0.05) is 40.1 Å². The fourth-order valence-corrected chi connectivity index (χ4v) is 3.36. The van der Waals surface area contributed by atoms with Crippen LogP contribution in [0, 0.1) is 12.8 Å². The summed E-state index contributed by atoms with van der Waals surface area (Å²) in [5.74, 6) is -1.06. The van der Waals surface area contributed by atoms with Crippen LogP contribution in [0.2, 0.25) is 5.02 Å². The van der Waals surface area contributed by atoms with Crippen molar-refractivity contribution in [2.24, 2.45) is 5.92 Å². The van der Waals surface area contributed by atoms with Crippen molar-refractivity contribution in [3.63, 3.8) is 0 Å². The maximum Gasteiger partial charge on any atom is 0.243 e. The van der Waals surface area contributed by atoms with Crippen LogP contribution in [0.4, 0.5) is 0 Å². The molecule has 1 heterocycles. The molecule has 3 N–H and O–H groups in total. The van der Waals surface area contributed by atoms with Gasteiger partial charge in [-0.15, -0.1) is 0 Å². The minimum absolute atomic E-state index is 0.0374. The molecule has 30 heavy (non-hydrogen) atoms. The number of hydrogen-bond acceptors (Lipinski definition) is 6. The minimum Gasteiger partial charge on any atom is -0.357 e. The van der Waals surface area contributed by atoms with E-state index >= 15 is 0 Å². The maximum absolute atomic E-state index is 13.0. The molecule has 1 fully saturated rings. The molecule has 0 bridgehead atoms. The molecule has 1 aromatic carbocycles. The van der Waals surface area contributed by atoms with E-state index in [1.165, 1.54) is 7.05 Å². The van der Waals surface area contributed by atoms with E-state index in [2.05, 4.69) is 30.9 Å². The number of rotatable bonds is 9. The zero-order valence-corrected chi connectivity index (χ0v) is 17.5. The lowest BCUT2D eigenvalue weighted by Crippen LogP contribution is -2.55. The number of nitrogens with zero attached hydrogens (tertiary/aromatic N) is 2. The van der Waals surface area contributed by atoms with Gasteiger partial charge in [0.15, 0.2) is 0 Å². The zero-order valence-electron chi connectivity index (χ0n) is 16.8. The summed E-state index contributed by atoms with van der Waals surface area (Å²) in [6, 6.07) is 5.60. The highest BCUT2D eigenvalue weighted by Gasteiger charge is 2.38. The van der Waals surface area contributed by atoms with Crippen molar-refractivity contribution in [3.8, 4) is 0 Å². The highest BCUT2D eigenvalue weighted by Crippen LogP contribution is 2.33. The molecule has 1 aliphatic rings. The van der Waals surface area contributed by atoms with E-state index in [9.17, 15) is 14.4 Å². The number of hydrogen-bond donors (Lipinski definition) is 3. The molecule has 0 spiro atoms. The monoisotopic (exact) mass is 433 g/mol. The first-order valence-electron chi connectivity index (χ1n) is 9.71. The van der Waals surface area contributed by atoms with Crippen molar-refractivity contribution in [1.29, 1.82) is 0 Å². The van der Waals surface area contributed by atoms with E-state index in [0.29, 0.717) is 16.4 Å². The summed E-state index contributed by atoms with van der Waals surface area (Å²) in [6.45, 7) is 1.69. The number of aryl methyl sites for hydroxylation is 1.